The number of nitrogens with one attached hydrogen (secondary N) is 2. The van der Waals surface area contributed by atoms with Gasteiger partial charge in [-0.25, -0.2) is 8.42 Å². The van der Waals surface area contributed by atoms with Gasteiger partial charge in [-0.15, -0.1) is 0 Å². The third kappa shape index (κ3) is 6.67. The van der Waals surface area contributed by atoms with Crippen molar-refractivity contribution >= 4 is 38.9 Å². The standard InChI is InChI=1S/C26H27N3O5S2/c30-25(23-8-4-5-9-24(23)34-17-14-20-6-2-1-3-7-20)28-26(35)27-21-10-12-22(13-11-21)36(31,32)29-15-18-33-19-16-29/h1-13H,14-19H2,(H2,27,28,30,35). The van der Waals surface area contributed by atoms with Gasteiger partial charge in [-0.1, -0.05) is 42.5 Å². The molecule has 8 nitrogen and oxygen atoms in total. The van der Waals surface area contributed by atoms with Crippen molar-refractivity contribution in [1.82, 2.24) is 9.62 Å². The number of hydrogen-bond donors (Lipinski definition) is 2. The van der Waals surface area contributed by atoms with Gasteiger partial charge in [0, 0.05) is 25.2 Å². The maximum atomic E-state index is 12.8. The number of para-hydroxylation sites is 1. The van der Waals surface area contributed by atoms with Crippen molar-refractivity contribution in [3.05, 3.63) is 90.0 Å². The Hall–Kier alpha value is -3.31. The molecule has 188 valence electrons. The third-order valence-corrected chi connectivity index (χ3v) is 7.69. The molecule has 10 heteroatoms. The van der Waals surface area contributed by atoms with Crippen LogP contribution in [0, 0.1) is 0 Å². The number of anilines is 1. The van der Waals surface area contributed by atoms with E-state index in [2.05, 4.69) is 10.6 Å². The van der Waals surface area contributed by atoms with E-state index in [1.54, 1.807) is 36.4 Å². The van der Waals surface area contributed by atoms with Crippen molar-refractivity contribution in [2.24, 2.45) is 0 Å². The second-order valence-electron chi connectivity index (χ2n) is 8.03. The fourth-order valence-corrected chi connectivity index (χ4v) is 5.30. The van der Waals surface area contributed by atoms with Crippen LogP contribution < -0.4 is 15.4 Å². The molecule has 3 aromatic rings. The molecule has 4 rings (SSSR count). The van der Waals surface area contributed by atoms with Crippen LogP contribution in [0.4, 0.5) is 5.69 Å². The fraction of sp³-hybridized carbons (Fsp3) is 0.231. The van der Waals surface area contributed by atoms with Crippen molar-refractivity contribution in [3.8, 4) is 5.75 Å². The predicted octanol–water partition coefficient (Wildman–Crippen LogP) is 3.46. The van der Waals surface area contributed by atoms with E-state index >= 15 is 0 Å². The number of ether oxygens (including phenoxy) is 2. The number of carbonyl (C=O) groups excluding carboxylic acids is 1. The molecule has 1 heterocycles. The summed E-state index contributed by atoms with van der Waals surface area (Å²) in [5.74, 6) is 0.0562. The van der Waals surface area contributed by atoms with Gasteiger partial charge in [-0.3, -0.25) is 10.1 Å². The first-order valence-electron chi connectivity index (χ1n) is 11.5. The molecule has 1 amide bonds. The van der Waals surface area contributed by atoms with Gasteiger partial charge in [0.2, 0.25) is 10.0 Å². The van der Waals surface area contributed by atoms with E-state index in [4.69, 9.17) is 21.7 Å². The molecule has 36 heavy (non-hydrogen) atoms. The number of nitrogens with zero attached hydrogens (tertiary/aromatic N) is 1. The Bertz CT molecular complexity index is 1290. The van der Waals surface area contributed by atoms with Gasteiger partial charge >= 0.3 is 0 Å². The zero-order valence-corrected chi connectivity index (χ0v) is 21.2. The van der Waals surface area contributed by atoms with Gasteiger partial charge in [-0.05, 0) is 54.2 Å². The summed E-state index contributed by atoms with van der Waals surface area (Å²) in [6.45, 7) is 1.85. The topological polar surface area (TPSA) is 97.0 Å². The minimum absolute atomic E-state index is 0.0860. The highest BCUT2D eigenvalue weighted by Gasteiger charge is 2.26. The zero-order chi connectivity index (χ0) is 25.4. The molecular weight excluding hydrogens is 498 g/mol. The van der Waals surface area contributed by atoms with Crippen LogP contribution in [-0.2, 0) is 21.2 Å². The quantitative estimate of drug-likeness (QED) is 0.435. The molecule has 1 fully saturated rings. The SMILES string of the molecule is O=C(NC(=S)Nc1ccc(S(=O)(=O)N2CCOCC2)cc1)c1ccccc1OCCc1ccccc1. The molecule has 2 N–H and O–H groups in total. The lowest BCUT2D eigenvalue weighted by Crippen LogP contribution is -2.40. The summed E-state index contributed by atoms with van der Waals surface area (Å²) in [6.07, 6.45) is 0.716. The molecule has 1 aliphatic heterocycles. The molecule has 0 spiro atoms. The van der Waals surface area contributed by atoms with Crippen LogP contribution in [0.1, 0.15) is 15.9 Å². The summed E-state index contributed by atoms with van der Waals surface area (Å²) in [7, 11) is -3.58. The molecule has 0 aliphatic carbocycles. The second-order valence-corrected chi connectivity index (χ2v) is 10.4. The van der Waals surface area contributed by atoms with E-state index in [0.29, 0.717) is 56.3 Å². The molecule has 3 aromatic carbocycles. The molecule has 0 saturated carbocycles. The number of thiocarbonyl (C=S) groups is 1. The molecule has 0 unspecified atom stereocenters. The average molecular weight is 526 g/mol. The first-order chi connectivity index (χ1) is 17.4. The third-order valence-electron chi connectivity index (χ3n) is 5.57. The smallest absolute Gasteiger partial charge is 0.261 e. The van der Waals surface area contributed by atoms with Crippen LogP contribution in [0.25, 0.3) is 0 Å². The highest BCUT2D eigenvalue weighted by atomic mass is 32.2. The summed E-state index contributed by atoms with van der Waals surface area (Å²) >= 11 is 5.29. The van der Waals surface area contributed by atoms with Gasteiger partial charge in [0.1, 0.15) is 5.75 Å². The van der Waals surface area contributed by atoms with Crippen LogP contribution in [0.2, 0.25) is 0 Å². The van der Waals surface area contributed by atoms with Crippen molar-refractivity contribution in [3.63, 3.8) is 0 Å². The van der Waals surface area contributed by atoms with Crippen molar-refractivity contribution in [2.45, 2.75) is 11.3 Å². The Labute approximate surface area is 216 Å². The zero-order valence-electron chi connectivity index (χ0n) is 19.6. The van der Waals surface area contributed by atoms with E-state index in [1.165, 1.54) is 16.4 Å². The van der Waals surface area contributed by atoms with Crippen molar-refractivity contribution in [2.75, 3.05) is 38.2 Å². The number of carbonyl (C=O) groups is 1. The van der Waals surface area contributed by atoms with E-state index in [-0.39, 0.29) is 10.0 Å². The number of morpholine rings is 1. The van der Waals surface area contributed by atoms with Crippen LogP contribution in [0.5, 0.6) is 5.75 Å². The Morgan fingerprint density at radius 1 is 0.944 bits per heavy atom. The Balaban J connectivity index is 1.33. The maximum absolute atomic E-state index is 12.8. The predicted molar refractivity (Wildman–Crippen MR) is 142 cm³/mol. The Kier molecular flexibility index (Phi) is 8.65. The van der Waals surface area contributed by atoms with Crippen LogP contribution in [0.3, 0.4) is 0 Å². The van der Waals surface area contributed by atoms with Gasteiger partial charge in [0.25, 0.3) is 5.91 Å². The number of sulfonamides is 1. The number of hydrogen-bond acceptors (Lipinski definition) is 6. The molecule has 0 radical (unpaired) electrons. The summed E-state index contributed by atoms with van der Waals surface area (Å²) in [5.41, 5.74) is 2.06. The van der Waals surface area contributed by atoms with Crippen molar-refractivity contribution < 1.29 is 22.7 Å². The highest BCUT2D eigenvalue weighted by Crippen LogP contribution is 2.20. The monoisotopic (exact) mass is 525 g/mol. The summed E-state index contributed by atoms with van der Waals surface area (Å²) in [6, 6.07) is 23.1. The minimum Gasteiger partial charge on any atom is -0.492 e. The van der Waals surface area contributed by atoms with Crippen molar-refractivity contribution in [1.29, 1.82) is 0 Å². The molecule has 0 bridgehead atoms. The van der Waals surface area contributed by atoms with Gasteiger partial charge in [0.15, 0.2) is 5.11 Å². The lowest BCUT2D eigenvalue weighted by atomic mass is 10.1. The summed E-state index contributed by atoms with van der Waals surface area (Å²) in [5, 5.41) is 5.65. The van der Waals surface area contributed by atoms with Crippen LogP contribution in [0.15, 0.2) is 83.8 Å². The number of benzene rings is 3. The molecule has 1 aliphatic rings. The van der Waals surface area contributed by atoms with Crippen LogP contribution in [-0.4, -0.2) is 56.7 Å². The Morgan fingerprint density at radius 3 is 2.33 bits per heavy atom. The minimum atomic E-state index is -3.58. The molecular formula is C26H27N3O5S2. The summed E-state index contributed by atoms with van der Waals surface area (Å²) < 4.78 is 38.0. The number of rotatable bonds is 8. The first kappa shape index (κ1) is 25.8. The van der Waals surface area contributed by atoms with E-state index in [0.717, 1.165) is 5.56 Å². The average Bonchev–Trinajstić information content (AvgIpc) is 2.90. The first-order valence-corrected chi connectivity index (χ1v) is 13.3. The highest BCUT2D eigenvalue weighted by molar-refractivity contribution is 7.89. The van der Waals surface area contributed by atoms with Gasteiger partial charge < -0.3 is 14.8 Å². The van der Waals surface area contributed by atoms with E-state index in [9.17, 15) is 13.2 Å². The number of amides is 1. The normalized spacial score (nSPS) is 14.1. The molecule has 0 aromatic heterocycles. The van der Waals surface area contributed by atoms with Crippen LogP contribution >= 0.6 is 12.2 Å². The maximum Gasteiger partial charge on any atom is 0.261 e. The second kappa shape index (κ2) is 12.1. The van der Waals surface area contributed by atoms with E-state index in [1.807, 2.05) is 30.3 Å². The fourth-order valence-electron chi connectivity index (χ4n) is 3.68. The lowest BCUT2D eigenvalue weighted by molar-refractivity contribution is 0.0730. The lowest BCUT2D eigenvalue weighted by Gasteiger charge is -2.26. The summed E-state index contributed by atoms with van der Waals surface area (Å²) in [4.78, 5) is 13.0. The van der Waals surface area contributed by atoms with Gasteiger partial charge in [-0.2, -0.15) is 4.31 Å². The van der Waals surface area contributed by atoms with E-state index < -0.39 is 15.9 Å². The molecule has 0 atom stereocenters. The Morgan fingerprint density at radius 2 is 1.61 bits per heavy atom. The largest absolute Gasteiger partial charge is 0.492 e. The molecule has 1 saturated heterocycles. The van der Waals surface area contributed by atoms with Gasteiger partial charge in [0.05, 0.1) is 30.3 Å².